The molecule has 0 radical (unpaired) electrons. The van der Waals surface area contributed by atoms with E-state index in [-0.39, 0.29) is 27.1 Å². The lowest BCUT2D eigenvalue weighted by Crippen LogP contribution is -2.25. The first kappa shape index (κ1) is 24.3. The summed E-state index contributed by atoms with van der Waals surface area (Å²) in [6.07, 6.45) is 0.559. The van der Waals surface area contributed by atoms with E-state index in [1.807, 2.05) is 12.1 Å². The molecular weight excluding hydrogens is 471 g/mol. The predicted molar refractivity (Wildman–Crippen MR) is 124 cm³/mol. The smallest absolute Gasteiger partial charge is 0.261 e. The minimum atomic E-state index is -4.02. The number of carbonyl (C=O) groups is 1. The van der Waals surface area contributed by atoms with Gasteiger partial charge in [-0.3, -0.25) is 9.52 Å². The molecule has 0 aromatic heterocycles. The first-order chi connectivity index (χ1) is 15.7. The summed E-state index contributed by atoms with van der Waals surface area (Å²) < 4.78 is 51.3. The van der Waals surface area contributed by atoms with E-state index in [9.17, 15) is 17.6 Å². The fraction of sp³-hybridized carbons (Fsp3) is 0.174. The average molecular weight is 493 g/mol. The molecule has 0 bridgehead atoms. The van der Waals surface area contributed by atoms with Crippen LogP contribution in [0.1, 0.15) is 15.9 Å². The third kappa shape index (κ3) is 6.15. The van der Waals surface area contributed by atoms with E-state index in [0.717, 1.165) is 23.8 Å². The second kappa shape index (κ2) is 10.5. The summed E-state index contributed by atoms with van der Waals surface area (Å²) >= 11 is 5.68. The third-order valence-electron chi connectivity index (χ3n) is 4.73. The molecule has 174 valence electrons. The predicted octanol–water partition coefficient (Wildman–Crippen LogP) is 4.27. The van der Waals surface area contributed by atoms with Crippen LogP contribution < -0.4 is 19.5 Å². The molecule has 0 aliphatic carbocycles. The van der Waals surface area contributed by atoms with Crippen molar-refractivity contribution in [2.24, 2.45) is 0 Å². The van der Waals surface area contributed by atoms with Gasteiger partial charge in [0.25, 0.3) is 15.9 Å². The Morgan fingerprint density at radius 1 is 1.00 bits per heavy atom. The van der Waals surface area contributed by atoms with Crippen LogP contribution in [0.4, 0.5) is 10.1 Å². The molecular formula is C23H22ClFN2O5S. The first-order valence-electron chi connectivity index (χ1n) is 9.80. The molecule has 0 saturated carbocycles. The second-order valence-corrected chi connectivity index (χ2v) is 9.05. The summed E-state index contributed by atoms with van der Waals surface area (Å²) in [4.78, 5) is 12.3. The van der Waals surface area contributed by atoms with E-state index in [1.54, 1.807) is 32.4 Å². The lowest BCUT2D eigenvalue weighted by Gasteiger charge is -2.11. The van der Waals surface area contributed by atoms with Gasteiger partial charge in [0.15, 0.2) is 11.5 Å². The van der Waals surface area contributed by atoms with Crippen molar-refractivity contribution >= 4 is 33.2 Å². The molecule has 0 saturated heterocycles. The van der Waals surface area contributed by atoms with Gasteiger partial charge >= 0.3 is 0 Å². The van der Waals surface area contributed by atoms with Crippen molar-refractivity contribution in [3.63, 3.8) is 0 Å². The Hall–Kier alpha value is -3.30. The fourth-order valence-electron chi connectivity index (χ4n) is 3.04. The number of halogens is 2. The van der Waals surface area contributed by atoms with Gasteiger partial charge in [-0.05, 0) is 60.5 Å². The maximum absolute atomic E-state index is 13.3. The first-order valence-corrected chi connectivity index (χ1v) is 11.7. The van der Waals surface area contributed by atoms with Gasteiger partial charge in [0.2, 0.25) is 0 Å². The highest BCUT2D eigenvalue weighted by molar-refractivity contribution is 7.92. The lowest BCUT2D eigenvalue weighted by atomic mass is 10.1. The van der Waals surface area contributed by atoms with Crippen molar-refractivity contribution in [2.45, 2.75) is 11.3 Å². The highest BCUT2D eigenvalue weighted by Gasteiger charge is 2.17. The molecule has 3 aromatic rings. The molecule has 0 heterocycles. The van der Waals surface area contributed by atoms with Gasteiger partial charge in [0.05, 0.1) is 24.1 Å². The van der Waals surface area contributed by atoms with E-state index in [2.05, 4.69) is 10.0 Å². The highest BCUT2D eigenvalue weighted by atomic mass is 35.5. The summed E-state index contributed by atoms with van der Waals surface area (Å²) in [6, 6.07) is 14.6. The van der Waals surface area contributed by atoms with Crippen molar-refractivity contribution in [2.75, 3.05) is 25.5 Å². The van der Waals surface area contributed by atoms with Gasteiger partial charge in [-0.2, -0.15) is 0 Å². The molecule has 1 amide bonds. The van der Waals surface area contributed by atoms with Crippen LogP contribution in [0.2, 0.25) is 5.02 Å². The van der Waals surface area contributed by atoms with Gasteiger partial charge in [0, 0.05) is 17.8 Å². The zero-order chi connectivity index (χ0) is 24.0. The number of sulfonamides is 1. The standard InChI is InChI=1S/C23H22ClFN2O5S/c1-31-21-9-6-15(12-22(21)32-2)10-11-26-23(28)16-4-3-5-17(13-16)27-33(29,30)18-7-8-20(25)19(24)14-18/h3-9,12-14,27H,10-11H2,1-2H3,(H,26,28). The van der Waals surface area contributed by atoms with Crippen LogP contribution in [0.5, 0.6) is 11.5 Å². The van der Waals surface area contributed by atoms with E-state index in [1.165, 1.54) is 12.1 Å². The zero-order valence-electron chi connectivity index (χ0n) is 17.9. The summed E-state index contributed by atoms with van der Waals surface area (Å²) in [5, 5.41) is 2.50. The molecule has 0 fully saturated rings. The third-order valence-corrected chi connectivity index (χ3v) is 6.39. The van der Waals surface area contributed by atoms with Gasteiger partial charge < -0.3 is 14.8 Å². The van der Waals surface area contributed by atoms with Gasteiger partial charge in [-0.25, -0.2) is 12.8 Å². The largest absolute Gasteiger partial charge is 0.493 e. The van der Waals surface area contributed by atoms with Crippen LogP contribution in [-0.4, -0.2) is 35.1 Å². The summed E-state index contributed by atoms with van der Waals surface area (Å²) in [5.74, 6) is 0.139. The second-order valence-electron chi connectivity index (χ2n) is 6.96. The van der Waals surface area contributed by atoms with E-state index in [0.29, 0.717) is 24.5 Å². The Morgan fingerprint density at radius 3 is 2.45 bits per heavy atom. The number of benzene rings is 3. The summed E-state index contributed by atoms with van der Waals surface area (Å²) in [5.41, 5.74) is 1.41. The maximum atomic E-state index is 13.3. The molecule has 0 aliphatic heterocycles. The number of methoxy groups -OCH3 is 2. The molecule has 33 heavy (non-hydrogen) atoms. The Bertz CT molecular complexity index is 1270. The molecule has 0 unspecified atom stereocenters. The van der Waals surface area contributed by atoms with Crippen molar-refractivity contribution in [3.8, 4) is 11.5 Å². The SMILES string of the molecule is COc1ccc(CCNC(=O)c2cccc(NS(=O)(=O)c3ccc(F)c(Cl)c3)c2)cc1OC. The van der Waals surface area contributed by atoms with E-state index < -0.39 is 15.8 Å². The van der Waals surface area contributed by atoms with Crippen molar-refractivity contribution in [3.05, 3.63) is 82.6 Å². The van der Waals surface area contributed by atoms with Crippen LogP contribution in [0.15, 0.2) is 65.6 Å². The summed E-state index contributed by atoms with van der Waals surface area (Å²) in [6.45, 7) is 0.359. The zero-order valence-corrected chi connectivity index (χ0v) is 19.5. The van der Waals surface area contributed by atoms with Crippen LogP contribution in [-0.2, 0) is 16.4 Å². The molecule has 0 aliphatic rings. The fourth-order valence-corrected chi connectivity index (χ4v) is 4.36. The monoisotopic (exact) mass is 492 g/mol. The van der Waals surface area contributed by atoms with Crippen LogP contribution in [0.25, 0.3) is 0 Å². The van der Waals surface area contributed by atoms with E-state index in [4.69, 9.17) is 21.1 Å². The molecule has 3 rings (SSSR count). The number of rotatable bonds is 9. The molecule has 10 heteroatoms. The minimum Gasteiger partial charge on any atom is -0.493 e. The Kier molecular flexibility index (Phi) is 7.78. The number of nitrogens with one attached hydrogen (secondary N) is 2. The molecule has 0 spiro atoms. The quantitative estimate of drug-likeness (QED) is 0.465. The number of ether oxygens (including phenoxy) is 2. The highest BCUT2D eigenvalue weighted by Crippen LogP contribution is 2.27. The number of anilines is 1. The van der Waals surface area contributed by atoms with Gasteiger partial charge in [-0.15, -0.1) is 0 Å². The number of hydrogen-bond donors (Lipinski definition) is 2. The molecule has 0 atom stereocenters. The van der Waals surface area contributed by atoms with Crippen LogP contribution >= 0.6 is 11.6 Å². The topological polar surface area (TPSA) is 93.7 Å². The minimum absolute atomic E-state index is 0.183. The maximum Gasteiger partial charge on any atom is 0.261 e. The molecule has 2 N–H and O–H groups in total. The van der Waals surface area contributed by atoms with Gasteiger partial charge in [-0.1, -0.05) is 23.7 Å². The van der Waals surface area contributed by atoms with E-state index >= 15 is 0 Å². The Morgan fingerprint density at radius 2 is 1.76 bits per heavy atom. The van der Waals surface area contributed by atoms with Gasteiger partial charge in [0.1, 0.15) is 5.82 Å². The number of hydrogen-bond acceptors (Lipinski definition) is 5. The van der Waals surface area contributed by atoms with Crippen LogP contribution in [0.3, 0.4) is 0 Å². The lowest BCUT2D eigenvalue weighted by molar-refractivity contribution is 0.0954. The van der Waals surface area contributed by atoms with Crippen LogP contribution in [0, 0.1) is 5.82 Å². The number of amides is 1. The Labute approximate surface area is 196 Å². The van der Waals surface area contributed by atoms with Crippen molar-refractivity contribution < 1.29 is 27.1 Å². The van der Waals surface area contributed by atoms with Crippen molar-refractivity contribution in [1.29, 1.82) is 0 Å². The summed E-state index contributed by atoms with van der Waals surface area (Å²) in [7, 11) is -0.908. The number of carbonyl (C=O) groups excluding carboxylic acids is 1. The normalized spacial score (nSPS) is 11.0. The average Bonchev–Trinajstić information content (AvgIpc) is 2.80. The molecule has 3 aromatic carbocycles. The van der Waals surface area contributed by atoms with Crippen molar-refractivity contribution in [1.82, 2.24) is 5.32 Å². The Balaban J connectivity index is 1.64. The molecule has 7 nitrogen and oxygen atoms in total.